The lowest BCUT2D eigenvalue weighted by Gasteiger charge is -2.10. The lowest BCUT2D eigenvalue weighted by molar-refractivity contribution is -0.114. The Balaban J connectivity index is 1.93. The van der Waals surface area contributed by atoms with E-state index < -0.39 is 0 Å². The molecule has 6 heteroatoms. The van der Waals surface area contributed by atoms with E-state index in [-0.39, 0.29) is 12.5 Å². The molecule has 2 aromatic rings. The molecule has 0 aromatic heterocycles. The molecule has 116 valence electrons. The fraction of sp³-hybridized carbons (Fsp3) is 0.188. The fourth-order valence-corrected chi connectivity index (χ4v) is 2.19. The van der Waals surface area contributed by atoms with Crippen LogP contribution in [0, 0.1) is 0 Å². The summed E-state index contributed by atoms with van der Waals surface area (Å²) in [6, 6.07) is 12.5. The Labute approximate surface area is 139 Å². The van der Waals surface area contributed by atoms with Gasteiger partial charge in [0.05, 0.1) is 28.9 Å². The van der Waals surface area contributed by atoms with Gasteiger partial charge in [-0.15, -0.1) is 0 Å². The second-order valence-corrected chi connectivity index (χ2v) is 5.25. The van der Waals surface area contributed by atoms with Crippen LogP contribution < -0.4 is 15.4 Å². The molecule has 0 atom stereocenters. The molecule has 2 aromatic carbocycles. The van der Waals surface area contributed by atoms with Gasteiger partial charge >= 0.3 is 0 Å². The first-order valence-electron chi connectivity index (χ1n) is 6.80. The van der Waals surface area contributed by atoms with Gasteiger partial charge in [-0.25, -0.2) is 0 Å². The Hall–Kier alpha value is -1.91. The van der Waals surface area contributed by atoms with Gasteiger partial charge in [-0.1, -0.05) is 35.3 Å². The molecule has 0 radical (unpaired) electrons. The summed E-state index contributed by atoms with van der Waals surface area (Å²) in [5, 5.41) is 6.47. The third-order valence-corrected chi connectivity index (χ3v) is 3.64. The first-order valence-corrected chi connectivity index (χ1v) is 7.56. The monoisotopic (exact) mass is 338 g/mol. The molecule has 4 nitrogen and oxygen atoms in total. The molecule has 2 N–H and O–H groups in total. The molecular weight excluding hydrogens is 323 g/mol. The summed E-state index contributed by atoms with van der Waals surface area (Å²) in [4.78, 5) is 12.0. The van der Waals surface area contributed by atoms with Gasteiger partial charge in [0.2, 0.25) is 5.91 Å². The molecule has 0 spiro atoms. The van der Waals surface area contributed by atoms with Crippen molar-refractivity contribution in [3.05, 3.63) is 52.5 Å². The number of anilines is 2. The van der Waals surface area contributed by atoms with Crippen LogP contribution in [0.5, 0.6) is 5.75 Å². The van der Waals surface area contributed by atoms with Crippen LogP contribution in [0.4, 0.5) is 11.4 Å². The van der Waals surface area contributed by atoms with E-state index in [0.29, 0.717) is 22.3 Å². The van der Waals surface area contributed by atoms with E-state index in [2.05, 4.69) is 10.6 Å². The van der Waals surface area contributed by atoms with E-state index in [1.54, 1.807) is 18.2 Å². The third-order valence-electron chi connectivity index (χ3n) is 2.82. The average Bonchev–Trinajstić information content (AvgIpc) is 2.51. The maximum Gasteiger partial charge on any atom is 0.243 e. The van der Waals surface area contributed by atoms with E-state index in [1.807, 2.05) is 31.2 Å². The van der Waals surface area contributed by atoms with Crippen LogP contribution in [0.1, 0.15) is 6.92 Å². The van der Waals surface area contributed by atoms with Crippen molar-refractivity contribution >= 4 is 40.5 Å². The van der Waals surface area contributed by atoms with Crippen LogP contribution in [0.15, 0.2) is 42.5 Å². The first-order chi connectivity index (χ1) is 10.6. The fourth-order valence-electron chi connectivity index (χ4n) is 1.84. The number of nitrogens with one attached hydrogen (secondary N) is 2. The van der Waals surface area contributed by atoms with E-state index in [9.17, 15) is 4.79 Å². The van der Waals surface area contributed by atoms with E-state index >= 15 is 0 Å². The van der Waals surface area contributed by atoms with Crippen molar-refractivity contribution in [3.8, 4) is 5.75 Å². The number of carbonyl (C=O) groups is 1. The Morgan fingerprint density at radius 2 is 1.95 bits per heavy atom. The predicted molar refractivity (Wildman–Crippen MR) is 91.2 cm³/mol. The Morgan fingerprint density at radius 1 is 1.18 bits per heavy atom. The lowest BCUT2D eigenvalue weighted by atomic mass is 10.3. The van der Waals surface area contributed by atoms with Crippen molar-refractivity contribution in [2.45, 2.75) is 6.92 Å². The number of amides is 1. The molecule has 1 amide bonds. The van der Waals surface area contributed by atoms with Gasteiger partial charge in [0.15, 0.2) is 0 Å². The van der Waals surface area contributed by atoms with Crippen LogP contribution in [0.3, 0.4) is 0 Å². The quantitative estimate of drug-likeness (QED) is 0.818. The molecule has 0 aliphatic rings. The zero-order valence-corrected chi connectivity index (χ0v) is 13.5. The van der Waals surface area contributed by atoms with Crippen LogP contribution >= 0.6 is 23.2 Å². The van der Waals surface area contributed by atoms with E-state index in [0.717, 1.165) is 11.4 Å². The number of carbonyl (C=O) groups excluding carboxylic acids is 1. The highest BCUT2D eigenvalue weighted by Crippen LogP contribution is 2.29. The first kappa shape index (κ1) is 16.5. The standard InChI is InChI=1S/C16H16Cl2N2O2/c1-2-22-12-6-3-5-11(9-12)19-10-15(21)20-14-8-4-7-13(17)16(14)18/h3-9,19H,2,10H2,1H3,(H,20,21). The number of halogens is 2. The van der Waals surface area contributed by atoms with Crippen molar-refractivity contribution in [2.24, 2.45) is 0 Å². The van der Waals surface area contributed by atoms with Crippen LogP contribution in [-0.2, 0) is 4.79 Å². The molecule has 0 aliphatic carbocycles. The highest BCUT2D eigenvalue weighted by atomic mass is 35.5. The smallest absolute Gasteiger partial charge is 0.243 e. The maximum atomic E-state index is 12.0. The second kappa shape index (κ2) is 7.92. The molecule has 2 rings (SSSR count). The molecular formula is C16H16Cl2N2O2. The zero-order valence-electron chi connectivity index (χ0n) is 12.0. The molecule has 0 heterocycles. The minimum absolute atomic E-state index is 0.110. The van der Waals surface area contributed by atoms with Crippen molar-refractivity contribution in [3.63, 3.8) is 0 Å². The minimum atomic E-state index is -0.217. The van der Waals surface area contributed by atoms with Crippen molar-refractivity contribution in [1.82, 2.24) is 0 Å². The molecule has 0 aliphatic heterocycles. The summed E-state index contributed by atoms with van der Waals surface area (Å²) in [6.45, 7) is 2.62. The third kappa shape index (κ3) is 4.55. The molecule has 0 saturated carbocycles. The molecule has 22 heavy (non-hydrogen) atoms. The normalized spacial score (nSPS) is 10.1. The Morgan fingerprint density at radius 3 is 2.73 bits per heavy atom. The number of benzene rings is 2. The molecule has 0 bridgehead atoms. The number of ether oxygens (including phenoxy) is 1. The summed E-state index contributed by atoms with van der Waals surface area (Å²) < 4.78 is 5.41. The van der Waals surface area contributed by atoms with Crippen LogP contribution in [0.25, 0.3) is 0 Å². The topological polar surface area (TPSA) is 50.4 Å². The van der Waals surface area contributed by atoms with Gasteiger partial charge in [0, 0.05) is 11.8 Å². The van der Waals surface area contributed by atoms with Crippen molar-refractivity contribution in [1.29, 1.82) is 0 Å². The summed E-state index contributed by atoms with van der Waals surface area (Å²) in [5.74, 6) is 0.539. The van der Waals surface area contributed by atoms with Crippen molar-refractivity contribution < 1.29 is 9.53 Å². The van der Waals surface area contributed by atoms with E-state index in [4.69, 9.17) is 27.9 Å². The highest BCUT2D eigenvalue weighted by molar-refractivity contribution is 6.44. The summed E-state index contributed by atoms with van der Waals surface area (Å²) in [5.41, 5.74) is 1.29. The Bertz CT molecular complexity index is 662. The largest absolute Gasteiger partial charge is 0.494 e. The van der Waals surface area contributed by atoms with Gasteiger partial charge in [0.1, 0.15) is 5.75 Å². The van der Waals surface area contributed by atoms with Gasteiger partial charge < -0.3 is 15.4 Å². The molecule has 0 saturated heterocycles. The Kier molecular flexibility index (Phi) is 5.92. The van der Waals surface area contributed by atoms with E-state index in [1.165, 1.54) is 0 Å². The number of hydrogen-bond acceptors (Lipinski definition) is 3. The molecule has 0 fully saturated rings. The van der Waals surface area contributed by atoms with Gasteiger partial charge in [-0.05, 0) is 31.2 Å². The lowest BCUT2D eigenvalue weighted by Crippen LogP contribution is -2.21. The van der Waals surface area contributed by atoms with Gasteiger partial charge in [0.25, 0.3) is 0 Å². The van der Waals surface area contributed by atoms with Crippen molar-refractivity contribution in [2.75, 3.05) is 23.8 Å². The van der Waals surface area contributed by atoms with Crippen LogP contribution in [-0.4, -0.2) is 19.1 Å². The number of rotatable bonds is 6. The average molecular weight is 339 g/mol. The number of hydrogen-bond donors (Lipinski definition) is 2. The SMILES string of the molecule is CCOc1cccc(NCC(=O)Nc2cccc(Cl)c2Cl)c1. The maximum absolute atomic E-state index is 12.0. The zero-order chi connectivity index (χ0) is 15.9. The van der Waals surface area contributed by atoms with Crippen LogP contribution in [0.2, 0.25) is 10.0 Å². The van der Waals surface area contributed by atoms with Gasteiger partial charge in [-0.3, -0.25) is 4.79 Å². The summed E-state index contributed by atoms with van der Waals surface area (Å²) in [7, 11) is 0. The summed E-state index contributed by atoms with van der Waals surface area (Å²) in [6.07, 6.45) is 0. The minimum Gasteiger partial charge on any atom is -0.494 e. The highest BCUT2D eigenvalue weighted by Gasteiger charge is 2.08. The van der Waals surface area contributed by atoms with Gasteiger partial charge in [-0.2, -0.15) is 0 Å². The molecule has 0 unspecified atom stereocenters. The predicted octanol–water partition coefficient (Wildman–Crippen LogP) is 4.44. The summed E-state index contributed by atoms with van der Waals surface area (Å²) >= 11 is 11.9. The second-order valence-electron chi connectivity index (χ2n) is 4.46.